The number of nitrogens with two attached hydrogens (primary N) is 1. The van der Waals surface area contributed by atoms with Crippen LogP contribution in [0.15, 0.2) is 36.4 Å². The van der Waals surface area contributed by atoms with E-state index in [4.69, 9.17) is 22.7 Å². The minimum Gasteiger partial charge on any atom is -0.389 e. The first kappa shape index (κ1) is 14.4. The predicted octanol–water partition coefficient (Wildman–Crippen LogP) is 2.91. The van der Waals surface area contributed by atoms with Gasteiger partial charge in [-0.3, -0.25) is 0 Å². The molecule has 0 aliphatic rings. The zero-order valence-corrected chi connectivity index (χ0v) is 12.3. The highest BCUT2D eigenvalue weighted by molar-refractivity contribution is 7.80. The summed E-state index contributed by atoms with van der Waals surface area (Å²) < 4.78 is 5.13. The van der Waals surface area contributed by atoms with E-state index in [1.54, 1.807) is 7.11 Å². The van der Waals surface area contributed by atoms with Crippen LogP contribution in [0.1, 0.15) is 16.8 Å². The fourth-order valence-corrected chi connectivity index (χ4v) is 2.05. The second-order valence-corrected chi connectivity index (χ2v) is 4.94. The Labute approximate surface area is 124 Å². The first-order chi connectivity index (χ1) is 9.58. The molecule has 0 saturated carbocycles. The number of hydrogen-bond acceptors (Lipinski definition) is 4. The summed E-state index contributed by atoms with van der Waals surface area (Å²) >= 11 is 5.01. The number of aromatic nitrogens is 1. The van der Waals surface area contributed by atoms with E-state index in [0.717, 1.165) is 28.3 Å². The van der Waals surface area contributed by atoms with Crippen LogP contribution in [0.3, 0.4) is 0 Å². The molecule has 104 valence electrons. The van der Waals surface area contributed by atoms with Crippen LogP contribution in [-0.4, -0.2) is 17.1 Å². The fraction of sp³-hybridized carbons (Fsp3) is 0.200. The number of anilines is 2. The molecular weight excluding hydrogens is 270 g/mol. The van der Waals surface area contributed by atoms with Gasteiger partial charge in [0.05, 0.1) is 6.61 Å². The number of nitrogens with one attached hydrogen (secondary N) is 1. The average Bonchev–Trinajstić information content (AvgIpc) is 2.38. The summed E-state index contributed by atoms with van der Waals surface area (Å²) in [6.07, 6.45) is 0. The van der Waals surface area contributed by atoms with Crippen molar-refractivity contribution in [1.82, 2.24) is 4.98 Å². The molecule has 0 unspecified atom stereocenters. The number of hydrogen-bond donors (Lipinski definition) is 2. The molecule has 0 aliphatic carbocycles. The van der Waals surface area contributed by atoms with Crippen molar-refractivity contribution in [2.45, 2.75) is 13.5 Å². The van der Waals surface area contributed by atoms with Gasteiger partial charge in [-0.25, -0.2) is 4.98 Å². The van der Waals surface area contributed by atoms with Gasteiger partial charge in [0.25, 0.3) is 0 Å². The van der Waals surface area contributed by atoms with Gasteiger partial charge < -0.3 is 15.8 Å². The molecule has 0 fully saturated rings. The van der Waals surface area contributed by atoms with Gasteiger partial charge in [0, 0.05) is 24.1 Å². The summed E-state index contributed by atoms with van der Waals surface area (Å²) in [4.78, 5) is 4.80. The Balaban J connectivity index is 2.25. The van der Waals surface area contributed by atoms with Crippen molar-refractivity contribution in [2.24, 2.45) is 5.73 Å². The lowest BCUT2D eigenvalue weighted by Crippen LogP contribution is -2.10. The van der Waals surface area contributed by atoms with Crippen LogP contribution in [0.2, 0.25) is 0 Å². The molecule has 20 heavy (non-hydrogen) atoms. The number of ether oxygens (including phenoxy) is 1. The van der Waals surface area contributed by atoms with E-state index in [2.05, 4.69) is 10.3 Å². The number of pyridine rings is 1. The van der Waals surface area contributed by atoms with Gasteiger partial charge in [0.2, 0.25) is 0 Å². The van der Waals surface area contributed by atoms with Gasteiger partial charge in [-0.15, -0.1) is 0 Å². The van der Waals surface area contributed by atoms with Crippen molar-refractivity contribution in [3.63, 3.8) is 0 Å². The average molecular weight is 287 g/mol. The molecule has 1 heterocycles. The fourth-order valence-electron chi connectivity index (χ4n) is 1.93. The minimum absolute atomic E-state index is 0.367. The van der Waals surface area contributed by atoms with Crippen molar-refractivity contribution in [3.05, 3.63) is 53.2 Å². The molecule has 0 aliphatic heterocycles. The summed E-state index contributed by atoms with van der Waals surface area (Å²) in [7, 11) is 1.68. The zero-order valence-electron chi connectivity index (χ0n) is 11.5. The third-order valence-electron chi connectivity index (χ3n) is 2.75. The maximum atomic E-state index is 5.67. The van der Waals surface area contributed by atoms with Gasteiger partial charge in [0.15, 0.2) is 0 Å². The molecule has 2 aromatic rings. The van der Waals surface area contributed by atoms with Crippen LogP contribution < -0.4 is 11.1 Å². The first-order valence-corrected chi connectivity index (χ1v) is 6.62. The molecule has 0 saturated heterocycles. The van der Waals surface area contributed by atoms with Crippen molar-refractivity contribution in [3.8, 4) is 0 Å². The molecule has 4 nitrogen and oxygen atoms in total. The highest BCUT2D eigenvalue weighted by Gasteiger charge is 2.03. The Morgan fingerprint density at radius 3 is 2.85 bits per heavy atom. The van der Waals surface area contributed by atoms with Crippen LogP contribution >= 0.6 is 12.2 Å². The van der Waals surface area contributed by atoms with Crippen LogP contribution in [0.25, 0.3) is 0 Å². The largest absolute Gasteiger partial charge is 0.389 e. The van der Waals surface area contributed by atoms with Crippen LogP contribution in [0, 0.1) is 6.92 Å². The SMILES string of the molecule is COCc1cccc(Nc2cc(C(N)=S)cc(C)n2)c1. The number of benzene rings is 1. The topological polar surface area (TPSA) is 60.2 Å². The minimum atomic E-state index is 0.367. The third kappa shape index (κ3) is 3.76. The quantitative estimate of drug-likeness (QED) is 0.828. The highest BCUT2D eigenvalue weighted by Crippen LogP contribution is 2.18. The van der Waals surface area contributed by atoms with E-state index >= 15 is 0 Å². The molecule has 3 N–H and O–H groups in total. The molecular formula is C15H17N3OS. The first-order valence-electron chi connectivity index (χ1n) is 6.22. The van der Waals surface area contributed by atoms with Crippen molar-refractivity contribution < 1.29 is 4.74 Å². The molecule has 0 bridgehead atoms. The number of nitrogens with zero attached hydrogens (tertiary/aromatic N) is 1. The second-order valence-electron chi connectivity index (χ2n) is 4.51. The van der Waals surface area contributed by atoms with E-state index in [1.165, 1.54) is 0 Å². The van der Waals surface area contributed by atoms with E-state index < -0.39 is 0 Å². The van der Waals surface area contributed by atoms with Crippen LogP contribution in [0.4, 0.5) is 11.5 Å². The summed E-state index contributed by atoms with van der Waals surface area (Å²) in [5.74, 6) is 0.724. The maximum Gasteiger partial charge on any atom is 0.131 e. The van der Waals surface area contributed by atoms with Crippen molar-refractivity contribution in [1.29, 1.82) is 0 Å². The lowest BCUT2D eigenvalue weighted by atomic mass is 10.2. The third-order valence-corrected chi connectivity index (χ3v) is 2.98. The van der Waals surface area contributed by atoms with Gasteiger partial charge in [-0.2, -0.15) is 0 Å². The molecule has 2 rings (SSSR count). The number of rotatable bonds is 5. The molecule has 0 atom stereocenters. The molecule has 0 radical (unpaired) electrons. The molecule has 5 heteroatoms. The number of methoxy groups -OCH3 is 1. The molecule has 1 aromatic heterocycles. The second kappa shape index (κ2) is 6.45. The number of aryl methyl sites for hydroxylation is 1. The Hall–Kier alpha value is -1.98. The summed E-state index contributed by atoms with van der Waals surface area (Å²) in [6, 6.07) is 11.7. The van der Waals surface area contributed by atoms with Gasteiger partial charge >= 0.3 is 0 Å². The van der Waals surface area contributed by atoms with E-state index in [0.29, 0.717) is 11.6 Å². The molecule has 0 spiro atoms. The summed E-state index contributed by atoms with van der Waals surface area (Å²) in [5, 5.41) is 3.26. The van der Waals surface area contributed by atoms with E-state index in [-0.39, 0.29) is 0 Å². The Bertz CT molecular complexity index is 628. The lowest BCUT2D eigenvalue weighted by Gasteiger charge is -2.10. The van der Waals surface area contributed by atoms with E-state index in [9.17, 15) is 0 Å². The smallest absolute Gasteiger partial charge is 0.131 e. The van der Waals surface area contributed by atoms with Gasteiger partial charge in [0.1, 0.15) is 10.8 Å². The zero-order chi connectivity index (χ0) is 14.5. The predicted molar refractivity (Wildman–Crippen MR) is 85.3 cm³/mol. The summed E-state index contributed by atoms with van der Waals surface area (Å²) in [5.41, 5.74) is 9.39. The van der Waals surface area contributed by atoms with Crippen LogP contribution in [0.5, 0.6) is 0 Å². The van der Waals surface area contributed by atoms with Crippen molar-refractivity contribution >= 4 is 28.7 Å². The number of thiocarbonyl (C=S) groups is 1. The standard InChI is InChI=1S/C15H17N3OS/c1-10-6-12(15(16)20)8-14(17-10)18-13-5-3-4-11(7-13)9-19-2/h3-8H,9H2,1-2H3,(H2,16,20)(H,17,18). The Morgan fingerprint density at radius 1 is 1.35 bits per heavy atom. The Morgan fingerprint density at radius 2 is 2.15 bits per heavy atom. The monoisotopic (exact) mass is 287 g/mol. The summed E-state index contributed by atoms with van der Waals surface area (Å²) in [6.45, 7) is 2.49. The maximum absolute atomic E-state index is 5.67. The normalized spacial score (nSPS) is 10.3. The van der Waals surface area contributed by atoms with Crippen LogP contribution in [-0.2, 0) is 11.3 Å². The van der Waals surface area contributed by atoms with Gasteiger partial charge in [-0.05, 0) is 36.8 Å². The van der Waals surface area contributed by atoms with Crippen molar-refractivity contribution in [2.75, 3.05) is 12.4 Å². The van der Waals surface area contributed by atoms with Gasteiger partial charge in [-0.1, -0.05) is 24.4 Å². The lowest BCUT2D eigenvalue weighted by molar-refractivity contribution is 0.185. The van der Waals surface area contributed by atoms with E-state index in [1.807, 2.05) is 43.3 Å². The molecule has 1 aromatic carbocycles. The molecule has 0 amide bonds. The Kier molecular flexibility index (Phi) is 4.65. The highest BCUT2D eigenvalue weighted by atomic mass is 32.1.